The molecule has 2 fully saturated rings. The zero-order valence-corrected chi connectivity index (χ0v) is 19.1. The van der Waals surface area contributed by atoms with Gasteiger partial charge in [-0.05, 0) is 56.8 Å². The largest absolute Gasteiger partial charge is 0.381 e. The van der Waals surface area contributed by atoms with Crippen molar-refractivity contribution in [3.63, 3.8) is 0 Å². The molecule has 2 N–H and O–H groups in total. The fraction of sp³-hybridized carbons (Fsp3) is 0.950. The second-order valence-electron chi connectivity index (χ2n) is 7.76. The number of halogens is 1. The number of rotatable bonds is 9. The highest BCUT2D eigenvalue weighted by atomic mass is 127. The third kappa shape index (κ3) is 10.3. The summed E-state index contributed by atoms with van der Waals surface area (Å²) in [4.78, 5) is 4.79. The molecule has 26 heavy (non-hydrogen) atoms. The zero-order valence-electron chi connectivity index (χ0n) is 16.8. The van der Waals surface area contributed by atoms with E-state index >= 15 is 0 Å². The quantitative estimate of drug-likeness (QED) is 0.228. The van der Waals surface area contributed by atoms with Crippen molar-refractivity contribution in [1.82, 2.24) is 10.6 Å². The predicted octanol–water partition coefficient (Wildman–Crippen LogP) is 3.82. The summed E-state index contributed by atoms with van der Waals surface area (Å²) in [5, 5.41) is 6.80. The third-order valence-electron chi connectivity index (χ3n) is 5.44. The minimum Gasteiger partial charge on any atom is -0.381 e. The summed E-state index contributed by atoms with van der Waals surface area (Å²) >= 11 is 0. The number of aliphatic imine (C=N–C) groups is 1. The maximum Gasteiger partial charge on any atom is 0.191 e. The van der Waals surface area contributed by atoms with Crippen LogP contribution >= 0.6 is 24.0 Å². The van der Waals surface area contributed by atoms with Gasteiger partial charge in [-0.2, -0.15) is 0 Å². The first kappa shape index (κ1) is 24.0. The molecule has 0 bridgehead atoms. The lowest BCUT2D eigenvalue weighted by Crippen LogP contribution is -2.38. The van der Waals surface area contributed by atoms with Gasteiger partial charge < -0.3 is 20.1 Å². The van der Waals surface area contributed by atoms with Crippen molar-refractivity contribution >= 4 is 29.9 Å². The molecule has 1 saturated heterocycles. The Kier molecular flexibility index (Phi) is 13.7. The molecule has 6 heteroatoms. The molecule has 5 nitrogen and oxygen atoms in total. The highest BCUT2D eigenvalue weighted by molar-refractivity contribution is 14.0. The maximum atomic E-state index is 5.82. The number of nitrogens with one attached hydrogen (secondary N) is 2. The van der Waals surface area contributed by atoms with Gasteiger partial charge in [0.1, 0.15) is 0 Å². The second kappa shape index (κ2) is 14.9. The first-order valence-electron chi connectivity index (χ1n) is 10.5. The molecule has 0 atom stereocenters. The molecule has 154 valence electrons. The van der Waals surface area contributed by atoms with E-state index in [1.807, 2.05) is 0 Å². The van der Waals surface area contributed by atoms with Gasteiger partial charge in [0.05, 0.1) is 0 Å². The number of nitrogens with zero attached hydrogens (tertiary/aromatic N) is 1. The Morgan fingerprint density at radius 3 is 2.46 bits per heavy atom. The van der Waals surface area contributed by atoms with Gasteiger partial charge in [-0.3, -0.25) is 4.99 Å². The molecule has 1 aliphatic heterocycles. The van der Waals surface area contributed by atoms with E-state index in [9.17, 15) is 0 Å². The summed E-state index contributed by atoms with van der Waals surface area (Å²) in [7, 11) is 0. The molecule has 0 unspecified atom stereocenters. The molecule has 1 aliphatic carbocycles. The van der Waals surface area contributed by atoms with Crippen LogP contribution in [0.25, 0.3) is 0 Å². The fourth-order valence-corrected chi connectivity index (χ4v) is 3.62. The van der Waals surface area contributed by atoms with E-state index in [2.05, 4.69) is 24.5 Å². The minimum absolute atomic E-state index is 0. The lowest BCUT2D eigenvalue weighted by atomic mass is 9.83. The topological polar surface area (TPSA) is 54.9 Å². The van der Waals surface area contributed by atoms with Crippen molar-refractivity contribution in [2.75, 3.05) is 46.1 Å². The van der Waals surface area contributed by atoms with E-state index in [4.69, 9.17) is 14.5 Å². The van der Waals surface area contributed by atoms with Gasteiger partial charge in [0.2, 0.25) is 0 Å². The normalized spacial score (nSPS) is 24.8. The van der Waals surface area contributed by atoms with E-state index in [0.717, 1.165) is 83.1 Å². The van der Waals surface area contributed by atoms with Crippen molar-refractivity contribution < 1.29 is 9.47 Å². The number of guanidine groups is 1. The number of ether oxygens (including phenoxy) is 2. The van der Waals surface area contributed by atoms with E-state index in [-0.39, 0.29) is 24.0 Å². The Morgan fingerprint density at radius 1 is 1.04 bits per heavy atom. The summed E-state index contributed by atoms with van der Waals surface area (Å²) in [6.07, 6.45) is 8.73. The highest BCUT2D eigenvalue weighted by Gasteiger charge is 2.17. The molecular weight excluding hydrogens is 441 g/mol. The average Bonchev–Trinajstić information content (AvgIpc) is 2.64. The van der Waals surface area contributed by atoms with Gasteiger partial charge in [0.25, 0.3) is 0 Å². The number of hydrogen-bond acceptors (Lipinski definition) is 3. The average molecular weight is 481 g/mol. The highest BCUT2D eigenvalue weighted by Crippen LogP contribution is 2.28. The Morgan fingerprint density at radius 2 is 1.77 bits per heavy atom. The van der Waals surface area contributed by atoms with Crippen LogP contribution in [-0.2, 0) is 9.47 Å². The molecular formula is C20H40IN3O2. The monoisotopic (exact) mass is 481 g/mol. The van der Waals surface area contributed by atoms with Gasteiger partial charge in [0.15, 0.2) is 5.96 Å². The Balaban J connectivity index is 0.00000338. The molecule has 0 amide bonds. The van der Waals surface area contributed by atoms with Gasteiger partial charge in [0, 0.05) is 46.1 Å². The van der Waals surface area contributed by atoms with Gasteiger partial charge >= 0.3 is 0 Å². The van der Waals surface area contributed by atoms with Crippen LogP contribution in [0, 0.1) is 17.8 Å². The second-order valence-corrected chi connectivity index (χ2v) is 7.76. The zero-order chi connectivity index (χ0) is 17.7. The van der Waals surface area contributed by atoms with Crippen LogP contribution in [-0.4, -0.2) is 52.0 Å². The van der Waals surface area contributed by atoms with Crippen molar-refractivity contribution in [2.24, 2.45) is 22.7 Å². The van der Waals surface area contributed by atoms with Gasteiger partial charge in [-0.15, -0.1) is 24.0 Å². The van der Waals surface area contributed by atoms with Crippen LogP contribution in [0.15, 0.2) is 4.99 Å². The van der Waals surface area contributed by atoms with Crippen molar-refractivity contribution in [1.29, 1.82) is 0 Å². The standard InChI is InChI=1S/C20H39N3O2.HI/c1-3-21-20(23-15-18-7-5-17(2)6-8-18)22-11-4-12-25-16-19-9-13-24-14-10-19;/h17-19H,3-16H2,1-2H3,(H2,21,22,23);1H. The van der Waals surface area contributed by atoms with Gasteiger partial charge in [-0.1, -0.05) is 19.8 Å². The molecule has 0 aromatic heterocycles. The van der Waals surface area contributed by atoms with E-state index in [1.54, 1.807) is 0 Å². The minimum atomic E-state index is 0. The molecule has 0 radical (unpaired) electrons. The van der Waals surface area contributed by atoms with E-state index < -0.39 is 0 Å². The van der Waals surface area contributed by atoms with Crippen LogP contribution < -0.4 is 10.6 Å². The molecule has 0 aromatic rings. The predicted molar refractivity (Wildman–Crippen MR) is 119 cm³/mol. The molecule has 1 heterocycles. The smallest absolute Gasteiger partial charge is 0.191 e. The third-order valence-corrected chi connectivity index (χ3v) is 5.44. The van der Waals surface area contributed by atoms with Crippen LogP contribution in [0.2, 0.25) is 0 Å². The maximum absolute atomic E-state index is 5.82. The summed E-state index contributed by atoms with van der Waals surface area (Å²) in [5.41, 5.74) is 0. The molecule has 0 aromatic carbocycles. The Hall–Kier alpha value is -0.0800. The van der Waals surface area contributed by atoms with Crippen LogP contribution in [0.5, 0.6) is 0 Å². The SMILES string of the molecule is CCNC(=NCC1CCC(C)CC1)NCCCOCC1CCOCC1.I. The first-order valence-corrected chi connectivity index (χ1v) is 10.5. The van der Waals surface area contributed by atoms with Crippen LogP contribution in [0.1, 0.15) is 58.8 Å². The summed E-state index contributed by atoms with van der Waals surface area (Å²) in [6.45, 7) is 10.8. The van der Waals surface area contributed by atoms with E-state index in [0.29, 0.717) is 5.92 Å². The molecule has 0 spiro atoms. The number of hydrogen-bond donors (Lipinski definition) is 2. The van der Waals surface area contributed by atoms with Crippen LogP contribution in [0.3, 0.4) is 0 Å². The Labute approximate surface area is 177 Å². The molecule has 1 saturated carbocycles. The van der Waals surface area contributed by atoms with Crippen LogP contribution in [0.4, 0.5) is 0 Å². The van der Waals surface area contributed by atoms with Crippen molar-refractivity contribution in [2.45, 2.75) is 58.8 Å². The lowest BCUT2D eigenvalue weighted by Gasteiger charge is -2.25. The molecule has 2 rings (SSSR count). The summed E-state index contributed by atoms with van der Waals surface area (Å²) in [6, 6.07) is 0. The summed E-state index contributed by atoms with van der Waals surface area (Å²) < 4.78 is 11.2. The molecule has 2 aliphatic rings. The van der Waals surface area contributed by atoms with Crippen molar-refractivity contribution in [3.05, 3.63) is 0 Å². The lowest BCUT2D eigenvalue weighted by molar-refractivity contribution is 0.0203. The Bertz CT molecular complexity index is 368. The fourth-order valence-electron chi connectivity index (χ4n) is 3.62. The summed E-state index contributed by atoms with van der Waals surface area (Å²) in [5.74, 6) is 3.34. The first-order chi connectivity index (χ1) is 12.3. The van der Waals surface area contributed by atoms with E-state index in [1.165, 1.54) is 25.7 Å². The van der Waals surface area contributed by atoms with Crippen molar-refractivity contribution in [3.8, 4) is 0 Å². The van der Waals surface area contributed by atoms with Gasteiger partial charge in [-0.25, -0.2) is 0 Å².